The van der Waals surface area contributed by atoms with E-state index in [2.05, 4.69) is 16.0 Å². The van der Waals surface area contributed by atoms with Crippen molar-refractivity contribution in [2.24, 2.45) is 0 Å². The van der Waals surface area contributed by atoms with Crippen LogP contribution in [0.25, 0.3) is 0 Å². The third-order valence-electron chi connectivity index (χ3n) is 5.50. The molecule has 11 heteroatoms. The second-order valence-electron chi connectivity index (χ2n) is 8.33. The largest absolute Gasteiger partial charge is 0.464 e. The quantitative estimate of drug-likeness (QED) is 0.413. The second kappa shape index (κ2) is 13.3. The minimum Gasteiger partial charge on any atom is -0.464 e. The SMILES string of the molecule is CCOC(=O)[C@H](C)NC(=O)[C@H](C)NC(=O)[C@H](C)NC(=O)[C@@H]1CCCN1C(=O)OCc1ccccc1. The summed E-state index contributed by atoms with van der Waals surface area (Å²) in [5.74, 6) is -2.21. The zero-order valence-corrected chi connectivity index (χ0v) is 20.5. The van der Waals surface area contributed by atoms with Crippen molar-refractivity contribution in [1.29, 1.82) is 0 Å². The van der Waals surface area contributed by atoms with E-state index < -0.39 is 54.0 Å². The van der Waals surface area contributed by atoms with Crippen LogP contribution in [-0.2, 0) is 35.3 Å². The van der Waals surface area contributed by atoms with Gasteiger partial charge in [0.05, 0.1) is 6.61 Å². The number of amides is 4. The number of likely N-dealkylation sites (tertiary alicyclic amines) is 1. The number of nitrogens with zero attached hydrogens (tertiary/aromatic N) is 1. The van der Waals surface area contributed by atoms with E-state index in [-0.39, 0.29) is 13.2 Å². The van der Waals surface area contributed by atoms with Crippen molar-refractivity contribution < 1.29 is 33.4 Å². The van der Waals surface area contributed by atoms with Crippen LogP contribution in [-0.4, -0.2) is 72.0 Å². The van der Waals surface area contributed by atoms with Crippen LogP contribution in [0, 0.1) is 0 Å². The van der Waals surface area contributed by atoms with Crippen LogP contribution < -0.4 is 16.0 Å². The molecule has 1 heterocycles. The van der Waals surface area contributed by atoms with E-state index >= 15 is 0 Å². The summed E-state index contributed by atoms with van der Waals surface area (Å²) in [6.07, 6.45) is 0.491. The maximum atomic E-state index is 12.8. The Morgan fingerprint density at radius 3 is 2.14 bits per heavy atom. The first-order valence-electron chi connectivity index (χ1n) is 11.7. The number of carbonyl (C=O) groups is 5. The van der Waals surface area contributed by atoms with Gasteiger partial charge < -0.3 is 25.4 Å². The molecular formula is C24H34N4O7. The third kappa shape index (κ3) is 8.27. The van der Waals surface area contributed by atoms with Gasteiger partial charge in [0.2, 0.25) is 17.7 Å². The van der Waals surface area contributed by atoms with E-state index in [0.29, 0.717) is 19.4 Å². The Kier molecular flexibility index (Phi) is 10.5. The van der Waals surface area contributed by atoms with Gasteiger partial charge in [0, 0.05) is 6.54 Å². The molecule has 0 bridgehead atoms. The van der Waals surface area contributed by atoms with E-state index in [9.17, 15) is 24.0 Å². The highest BCUT2D eigenvalue weighted by Crippen LogP contribution is 2.19. The Morgan fingerprint density at radius 1 is 0.914 bits per heavy atom. The van der Waals surface area contributed by atoms with Crippen molar-refractivity contribution in [3.63, 3.8) is 0 Å². The highest BCUT2D eigenvalue weighted by Gasteiger charge is 2.36. The van der Waals surface area contributed by atoms with Crippen molar-refractivity contribution >= 4 is 29.8 Å². The fraction of sp³-hybridized carbons (Fsp3) is 0.542. The summed E-state index contributed by atoms with van der Waals surface area (Å²) in [5.41, 5.74) is 0.834. The van der Waals surface area contributed by atoms with Crippen LogP contribution >= 0.6 is 0 Å². The minimum absolute atomic E-state index is 0.0953. The summed E-state index contributed by atoms with van der Waals surface area (Å²) in [7, 11) is 0. The van der Waals surface area contributed by atoms with Gasteiger partial charge in [-0.25, -0.2) is 9.59 Å². The number of ether oxygens (including phenoxy) is 2. The monoisotopic (exact) mass is 490 g/mol. The van der Waals surface area contributed by atoms with Crippen LogP contribution in [0.3, 0.4) is 0 Å². The summed E-state index contributed by atoms with van der Waals surface area (Å²) >= 11 is 0. The molecular weight excluding hydrogens is 456 g/mol. The lowest BCUT2D eigenvalue weighted by atomic mass is 10.2. The van der Waals surface area contributed by atoms with Gasteiger partial charge in [0.15, 0.2) is 0 Å². The lowest BCUT2D eigenvalue weighted by molar-refractivity contribution is -0.147. The number of hydrogen-bond acceptors (Lipinski definition) is 7. The molecule has 1 aromatic carbocycles. The molecule has 1 fully saturated rings. The smallest absolute Gasteiger partial charge is 0.410 e. The Labute approximate surface area is 204 Å². The molecule has 3 N–H and O–H groups in total. The minimum atomic E-state index is -0.956. The maximum absolute atomic E-state index is 12.8. The molecule has 2 rings (SSSR count). The Hall–Kier alpha value is -3.63. The number of esters is 1. The third-order valence-corrected chi connectivity index (χ3v) is 5.50. The van der Waals surface area contributed by atoms with Gasteiger partial charge in [-0.05, 0) is 46.1 Å². The zero-order chi connectivity index (χ0) is 26.0. The van der Waals surface area contributed by atoms with Crippen LogP contribution in [0.1, 0.15) is 46.1 Å². The topological polar surface area (TPSA) is 143 Å². The molecule has 4 amide bonds. The van der Waals surface area contributed by atoms with Gasteiger partial charge in [0.25, 0.3) is 0 Å². The Bertz CT molecular complexity index is 908. The molecule has 1 aliphatic heterocycles. The van der Waals surface area contributed by atoms with Crippen molar-refractivity contribution in [2.45, 2.75) is 71.3 Å². The first-order chi connectivity index (χ1) is 16.6. The number of rotatable bonds is 10. The average molecular weight is 491 g/mol. The summed E-state index contributed by atoms with van der Waals surface area (Å²) < 4.78 is 10.2. The molecule has 1 aromatic rings. The van der Waals surface area contributed by atoms with E-state index in [1.54, 1.807) is 6.92 Å². The van der Waals surface area contributed by atoms with Crippen LogP contribution in [0.15, 0.2) is 30.3 Å². The fourth-order valence-corrected chi connectivity index (χ4v) is 3.50. The molecule has 192 valence electrons. The Morgan fingerprint density at radius 2 is 1.51 bits per heavy atom. The molecule has 0 saturated carbocycles. The van der Waals surface area contributed by atoms with Gasteiger partial charge in [-0.15, -0.1) is 0 Å². The predicted molar refractivity (Wildman–Crippen MR) is 126 cm³/mol. The maximum Gasteiger partial charge on any atom is 0.410 e. The molecule has 0 aliphatic carbocycles. The normalized spacial score (nSPS) is 17.5. The molecule has 0 radical (unpaired) electrons. The van der Waals surface area contributed by atoms with Crippen LogP contribution in [0.4, 0.5) is 4.79 Å². The van der Waals surface area contributed by atoms with Crippen LogP contribution in [0.5, 0.6) is 0 Å². The average Bonchev–Trinajstić information content (AvgIpc) is 3.33. The summed E-state index contributed by atoms with van der Waals surface area (Å²) in [4.78, 5) is 63.1. The predicted octanol–water partition coefficient (Wildman–Crippen LogP) is 0.865. The number of carbonyl (C=O) groups excluding carboxylic acids is 5. The Balaban J connectivity index is 1.83. The van der Waals surface area contributed by atoms with Crippen molar-refractivity contribution in [3.05, 3.63) is 35.9 Å². The first-order valence-corrected chi connectivity index (χ1v) is 11.7. The van der Waals surface area contributed by atoms with Gasteiger partial charge in [-0.2, -0.15) is 0 Å². The van der Waals surface area contributed by atoms with E-state index in [1.807, 2.05) is 30.3 Å². The highest BCUT2D eigenvalue weighted by molar-refractivity contribution is 5.94. The summed E-state index contributed by atoms with van der Waals surface area (Å²) in [6.45, 7) is 6.73. The molecule has 11 nitrogen and oxygen atoms in total. The summed E-state index contributed by atoms with van der Waals surface area (Å²) in [6, 6.07) is 5.69. The van der Waals surface area contributed by atoms with Gasteiger partial charge in [0.1, 0.15) is 30.8 Å². The van der Waals surface area contributed by atoms with Gasteiger partial charge in [-0.1, -0.05) is 30.3 Å². The van der Waals surface area contributed by atoms with Gasteiger partial charge in [-0.3, -0.25) is 19.3 Å². The molecule has 1 saturated heterocycles. The lowest BCUT2D eigenvalue weighted by Crippen LogP contribution is -2.55. The van der Waals surface area contributed by atoms with Crippen molar-refractivity contribution in [1.82, 2.24) is 20.9 Å². The molecule has 0 unspecified atom stereocenters. The fourth-order valence-electron chi connectivity index (χ4n) is 3.50. The zero-order valence-electron chi connectivity index (χ0n) is 20.5. The second-order valence-corrected chi connectivity index (χ2v) is 8.33. The van der Waals surface area contributed by atoms with Gasteiger partial charge >= 0.3 is 12.1 Å². The molecule has 1 aliphatic rings. The van der Waals surface area contributed by atoms with Crippen molar-refractivity contribution in [3.8, 4) is 0 Å². The lowest BCUT2D eigenvalue weighted by Gasteiger charge is -2.25. The number of nitrogens with one attached hydrogen (secondary N) is 3. The molecule has 0 aromatic heterocycles. The number of benzene rings is 1. The standard InChI is InChI=1S/C24H34N4O7/c1-5-34-23(32)17(4)27-21(30)15(2)25-20(29)16(3)26-22(31)19-12-9-13-28(19)24(33)35-14-18-10-7-6-8-11-18/h6-8,10-11,15-17,19H,5,9,12-14H2,1-4H3,(H,25,29)(H,26,31)(H,27,30)/t15-,16-,17-,19-/m0/s1. The van der Waals surface area contributed by atoms with Crippen molar-refractivity contribution in [2.75, 3.05) is 13.2 Å². The van der Waals surface area contributed by atoms with E-state index in [4.69, 9.17) is 9.47 Å². The highest BCUT2D eigenvalue weighted by atomic mass is 16.6. The first kappa shape index (κ1) is 27.6. The van der Waals surface area contributed by atoms with E-state index in [0.717, 1.165) is 5.56 Å². The number of hydrogen-bond donors (Lipinski definition) is 3. The molecule has 35 heavy (non-hydrogen) atoms. The molecule has 0 spiro atoms. The summed E-state index contributed by atoms with van der Waals surface area (Å²) in [5, 5.41) is 7.56. The molecule has 4 atom stereocenters. The van der Waals surface area contributed by atoms with E-state index in [1.165, 1.54) is 25.7 Å². The van der Waals surface area contributed by atoms with Crippen LogP contribution in [0.2, 0.25) is 0 Å².